The smallest absolute Gasteiger partial charge is 0.329 e. The molecule has 0 heterocycles. The van der Waals surface area contributed by atoms with Crippen LogP contribution in [0.3, 0.4) is 0 Å². The molecule has 88 valence electrons. The van der Waals surface area contributed by atoms with Gasteiger partial charge in [-0.2, -0.15) is 0 Å². The standard InChI is InChI=1S/C12H16INO2/c1-3-7-12(2,11(15)16)14-10-6-4-5-9(13)8-10/h4-6,8,14H,3,7H2,1-2H3,(H,15,16). The summed E-state index contributed by atoms with van der Waals surface area (Å²) in [6.07, 6.45) is 1.44. The Balaban J connectivity index is 2.87. The van der Waals surface area contributed by atoms with Gasteiger partial charge in [0.2, 0.25) is 0 Å². The van der Waals surface area contributed by atoms with Crippen LogP contribution < -0.4 is 5.32 Å². The van der Waals surface area contributed by atoms with Gasteiger partial charge in [-0.15, -0.1) is 0 Å². The quantitative estimate of drug-likeness (QED) is 0.813. The number of carboxylic acids is 1. The lowest BCUT2D eigenvalue weighted by atomic mass is 9.96. The zero-order valence-electron chi connectivity index (χ0n) is 9.46. The summed E-state index contributed by atoms with van der Waals surface area (Å²) >= 11 is 2.21. The lowest BCUT2D eigenvalue weighted by Crippen LogP contribution is -2.43. The van der Waals surface area contributed by atoms with Gasteiger partial charge in [-0.25, -0.2) is 4.79 Å². The largest absolute Gasteiger partial charge is 0.480 e. The van der Waals surface area contributed by atoms with Crippen molar-refractivity contribution in [2.24, 2.45) is 0 Å². The minimum Gasteiger partial charge on any atom is -0.480 e. The van der Waals surface area contributed by atoms with Gasteiger partial charge in [-0.3, -0.25) is 0 Å². The molecule has 4 heteroatoms. The molecule has 0 aliphatic heterocycles. The van der Waals surface area contributed by atoms with Gasteiger partial charge in [0.05, 0.1) is 0 Å². The van der Waals surface area contributed by atoms with E-state index in [1.165, 1.54) is 0 Å². The summed E-state index contributed by atoms with van der Waals surface area (Å²) in [5.74, 6) is -0.812. The average Bonchev–Trinajstić information content (AvgIpc) is 2.17. The van der Waals surface area contributed by atoms with Gasteiger partial charge >= 0.3 is 5.97 Å². The molecule has 16 heavy (non-hydrogen) atoms. The molecule has 0 radical (unpaired) electrons. The fourth-order valence-corrected chi connectivity index (χ4v) is 2.15. The highest BCUT2D eigenvalue weighted by atomic mass is 127. The first kappa shape index (κ1) is 13.3. The van der Waals surface area contributed by atoms with Gasteiger partial charge in [0.1, 0.15) is 5.54 Å². The van der Waals surface area contributed by atoms with Crippen molar-refractivity contribution in [2.45, 2.75) is 32.2 Å². The number of benzene rings is 1. The van der Waals surface area contributed by atoms with Crippen LogP contribution in [0.1, 0.15) is 26.7 Å². The normalized spacial score (nSPS) is 14.2. The number of carboxylic acid groups (broad SMARTS) is 1. The van der Waals surface area contributed by atoms with E-state index >= 15 is 0 Å². The lowest BCUT2D eigenvalue weighted by molar-refractivity contribution is -0.141. The molecule has 3 nitrogen and oxygen atoms in total. The number of hydrogen-bond donors (Lipinski definition) is 2. The van der Waals surface area contributed by atoms with Crippen molar-refractivity contribution in [1.29, 1.82) is 0 Å². The zero-order chi connectivity index (χ0) is 12.2. The minimum atomic E-state index is -0.890. The average molecular weight is 333 g/mol. The third kappa shape index (κ3) is 3.37. The highest BCUT2D eigenvalue weighted by Crippen LogP contribution is 2.21. The number of rotatable bonds is 5. The van der Waals surface area contributed by atoms with Crippen molar-refractivity contribution in [3.05, 3.63) is 27.8 Å². The predicted molar refractivity (Wildman–Crippen MR) is 73.7 cm³/mol. The van der Waals surface area contributed by atoms with Crippen molar-refractivity contribution in [3.8, 4) is 0 Å². The van der Waals surface area contributed by atoms with Crippen LogP contribution in [0.2, 0.25) is 0 Å². The van der Waals surface area contributed by atoms with E-state index in [4.69, 9.17) is 0 Å². The number of nitrogens with one attached hydrogen (secondary N) is 1. The first-order valence-electron chi connectivity index (χ1n) is 5.25. The molecule has 1 rings (SSSR count). The molecule has 1 atom stereocenters. The third-order valence-corrected chi connectivity index (χ3v) is 3.14. The fourth-order valence-electron chi connectivity index (χ4n) is 1.61. The molecule has 1 unspecified atom stereocenters. The zero-order valence-corrected chi connectivity index (χ0v) is 11.6. The van der Waals surface area contributed by atoms with Crippen molar-refractivity contribution < 1.29 is 9.90 Å². The number of carbonyl (C=O) groups is 1. The number of aliphatic carboxylic acids is 1. The van der Waals surface area contributed by atoms with Crippen LogP contribution in [-0.4, -0.2) is 16.6 Å². The van der Waals surface area contributed by atoms with Gasteiger partial charge in [0.15, 0.2) is 0 Å². The highest BCUT2D eigenvalue weighted by Gasteiger charge is 2.31. The molecule has 1 aromatic carbocycles. The van der Waals surface area contributed by atoms with Gasteiger partial charge in [0.25, 0.3) is 0 Å². The summed E-state index contributed by atoms with van der Waals surface area (Å²) in [6, 6.07) is 7.72. The number of halogens is 1. The van der Waals surface area contributed by atoms with Crippen LogP contribution in [0.4, 0.5) is 5.69 Å². The van der Waals surface area contributed by atoms with Crippen LogP contribution in [0.15, 0.2) is 24.3 Å². The molecule has 0 saturated carbocycles. The molecule has 0 spiro atoms. The van der Waals surface area contributed by atoms with E-state index in [1.807, 2.05) is 31.2 Å². The van der Waals surface area contributed by atoms with E-state index in [2.05, 4.69) is 27.9 Å². The first-order valence-corrected chi connectivity index (χ1v) is 6.33. The maximum absolute atomic E-state index is 11.2. The van der Waals surface area contributed by atoms with E-state index in [-0.39, 0.29) is 0 Å². The van der Waals surface area contributed by atoms with Crippen molar-refractivity contribution >= 4 is 34.2 Å². The minimum absolute atomic E-state index is 0.605. The summed E-state index contributed by atoms with van der Waals surface area (Å²) in [7, 11) is 0. The topological polar surface area (TPSA) is 49.3 Å². The Morgan fingerprint density at radius 2 is 2.25 bits per heavy atom. The van der Waals surface area contributed by atoms with Crippen molar-refractivity contribution in [1.82, 2.24) is 0 Å². The molecule has 0 amide bonds. The molecule has 0 aliphatic rings. The summed E-state index contributed by atoms with van der Waals surface area (Å²) in [6.45, 7) is 3.70. The van der Waals surface area contributed by atoms with E-state index in [0.717, 1.165) is 15.7 Å². The predicted octanol–water partition coefficient (Wildman–Crippen LogP) is 3.35. The second kappa shape index (κ2) is 5.52. The van der Waals surface area contributed by atoms with Crippen LogP contribution in [-0.2, 0) is 4.79 Å². The molecular formula is C12H16INO2. The van der Waals surface area contributed by atoms with Crippen LogP contribution in [0.25, 0.3) is 0 Å². The van der Waals surface area contributed by atoms with Gasteiger partial charge < -0.3 is 10.4 Å². The molecule has 2 N–H and O–H groups in total. The number of anilines is 1. The van der Waals surface area contributed by atoms with E-state index < -0.39 is 11.5 Å². The van der Waals surface area contributed by atoms with Gasteiger partial charge in [-0.1, -0.05) is 19.4 Å². The SMILES string of the molecule is CCCC(C)(Nc1cccc(I)c1)C(=O)O. The van der Waals surface area contributed by atoms with E-state index in [9.17, 15) is 9.90 Å². The van der Waals surface area contributed by atoms with E-state index in [0.29, 0.717) is 6.42 Å². The van der Waals surface area contributed by atoms with Gasteiger partial charge in [-0.05, 0) is 54.1 Å². The van der Waals surface area contributed by atoms with Crippen LogP contribution in [0, 0.1) is 3.57 Å². The summed E-state index contributed by atoms with van der Waals surface area (Å²) in [5, 5.41) is 12.3. The van der Waals surface area contributed by atoms with Crippen molar-refractivity contribution in [3.63, 3.8) is 0 Å². The molecule has 1 aromatic rings. The molecule has 0 aliphatic carbocycles. The maximum atomic E-state index is 11.2. The second-order valence-corrected chi connectivity index (χ2v) is 5.27. The Labute approximate surface area is 109 Å². The maximum Gasteiger partial charge on any atom is 0.329 e. The second-order valence-electron chi connectivity index (χ2n) is 4.02. The van der Waals surface area contributed by atoms with Gasteiger partial charge in [0, 0.05) is 9.26 Å². The lowest BCUT2D eigenvalue weighted by Gasteiger charge is -2.27. The first-order chi connectivity index (χ1) is 7.48. The molecule has 0 aromatic heterocycles. The summed E-state index contributed by atoms with van der Waals surface area (Å²) < 4.78 is 1.09. The Hall–Kier alpha value is -0.780. The Kier molecular flexibility index (Phi) is 4.58. The third-order valence-electron chi connectivity index (χ3n) is 2.47. The Bertz CT molecular complexity index is 381. The van der Waals surface area contributed by atoms with Crippen LogP contribution >= 0.6 is 22.6 Å². The molecule has 0 fully saturated rings. The molecule has 0 bridgehead atoms. The Morgan fingerprint density at radius 3 is 2.75 bits per heavy atom. The highest BCUT2D eigenvalue weighted by molar-refractivity contribution is 14.1. The summed E-state index contributed by atoms with van der Waals surface area (Å²) in [4.78, 5) is 11.2. The molecular weight excluding hydrogens is 317 g/mol. The Morgan fingerprint density at radius 1 is 1.56 bits per heavy atom. The monoisotopic (exact) mass is 333 g/mol. The fraction of sp³-hybridized carbons (Fsp3) is 0.417. The summed E-state index contributed by atoms with van der Waals surface area (Å²) in [5.41, 5.74) is -0.0376. The van der Waals surface area contributed by atoms with Crippen molar-refractivity contribution in [2.75, 3.05) is 5.32 Å². The molecule has 0 saturated heterocycles. The van der Waals surface area contributed by atoms with Crippen LogP contribution in [0.5, 0.6) is 0 Å². The number of hydrogen-bond acceptors (Lipinski definition) is 2. The van der Waals surface area contributed by atoms with E-state index in [1.54, 1.807) is 6.92 Å².